The minimum Gasteiger partial charge on any atom is -0.379 e. The average molecular weight is 620 g/mol. The van der Waals surface area contributed by atoms with Crippen LogP contribution in [-0.2, 0) is 9.47 Å². The van der Waals surface area contributed by atoms with Gasteiger partial charge in [0, 0.05) is 19.8 Å². The van der Waals surface area contributed by atoms with Crippen LogP contribution in [0.25, 0.3) is 0 Å². The van der Waals surface area contributed by atoms with Crippen molar-refractivity contribution in [2.75, 3.05) is 40.5 Å². The number of hydrogen-bond acceptors (Lipinski definition) is 3. The third kappa shape index (κ3) is 37.5. The van der Waals surface area contributed by atoms with E-state index in [1.165, 1.54) is 180 Å². The van der Waals surface area contributed by atoms with Gasteiger partial charge in [0.15, 0.2) is 0 Å². The van der Waals surface area contributed by atoms with Crippen molar-refractivity contribution in [1.82, 2.24) is 4.90 Å². The molecule has 0 radical (unpaired) electrons. The first-order valence-electron chi connectivity index (χ1n) is 19.8. The maximum Gasteiger partial charge on any atom is 0.0934 e. The lowest BCUT2D eigenvalue weighted by atomic mass is 10.1. The molecule has 0 aliphatic heterocycles. The van der Waals surface area contributed by atoms with Crippen LogP contribution >= 0.6 is 0 Å². The summed E-state index contributed by atoms with van der Waals surface area (Å²) in [6.45, 7) is 8.00. The van der Waals surface area contributed by atoms with Crippen molar-refractivity contribution in [3.63, 3.8) is 0 Å². The highest BCUT2D eigenvalue weighted by Crippen LogP contribution is 2.12. The Labute approximate surface area is 278 Å². The fourth-order valence-electron chi connectivity index (χ4n) is 5.83. The van der Waals surface area contributed by atoms with Gasteiger partial charge in [-0.05, 0) is 78.3 Å². The quantitative estimate of drug-likeness (QED) is 0.0510. The molecule has 3 heteroatoms. The van der Waals surface area contributed by atoms with Crippen molar-refractivity contribution in [3.05, 3.63) is 24.3 Å². The Balaban J connectivity index is 3.52. The van der Waals surface area contributed by atoms with E-state index < -0.39 is 0 Å². The maximum absolute atomic E-state index is 6.22. The second-order valence-electron chi connectivity index (χ2n) is 13.7. The van der Waals surface area contributed by atoms with E-state index in [1.807, 2.05) is 0 Å². The van der Waals surface area contributed by atoms with E-state index in [2.05, 4.69) is 57.1 Å². The van der Waals surface area contributed by atoms with E-state index >= 15 is 0 Å². The van der Waals surface area contributed by atoms with E-state index in [4.69, 9.17) is 9.47 Å². The van der Waals surface area contributed by atoms with Crippen LogP contribution in [0.1, 0.15) is 194 Å². The zero-order valence-corrected chi connectivity index (χ0v) is 30.8. The first-order valence-corrected chi connectivity index (χ1v) is 19.8. The highest BCUT2D eigenvalue weighted by Gasteiger charge is 2.10. The highest BCUT2D eigenvalue weighted by molar-refractivity contribution is 4.82. The summed E-state index contributed by atoms with van der Waals surface area (Å²) in [7, 11) is 4.26. The molecule has 0 N–H and O–H groups in total. The standard InChI is InChI=1S/C41H81NO2/c1-5-7-9-11-13-15-17-19-21-23-25-27-29-31-33-35-37-43-40-41(39-42(3)4)44-38-36-34-32-30-28-26-24-22-20-18-16-14-12-10-8-6-2/h19-22,41H,5-18,23-40H2,1-4H3/b21-19+,22-20+/t41-/m1/s1. The van der Waals surface area contributed by atoms with Gasteiger partial charge in [-0.3, -0.25) is 0 Å². The Hall–Kier alpha value is -0.640. The lowest BCUT2D eigenvalue weighted by molar-refractivity contribution is -0.0287. The van der Waals surface area contributed by atoms with Gasteiger partial charge in [-0.25, -0.2) is 0 Å². The van der Waals surface area contributed by atoms with E-state index in [0.717, 1.165) is 26.4 Å². The fourth-order valence-corrected chi connectivity index (χ4v) is 5.83. The predicted molar refractivity (Wildman–Crippen MR) is 198 cm³/mol. The summed E-state index contributed by atoms with van der Waals surface area (Å²) in [6.07, 6.45) is 47.6. The molecule has 0 amide bonds. The molecule has 0 bridgehead atoms. The van der Waals surface area contributed by atoms with Crippen LogP contribution in [0.2, 0.25) is 0 Å². The maximum atomic E-state index is 6.22. The largest absolute Gasteiger partial charge is 0.379 e. The number of rotatable bonds is 37. The summed E-state index contributed by atoms with van der Waals surface area (Å²) in [5.74, 6) is 0. The Bertz CT molecular complexity index is 573. The summed E-state index contributed by atoms with van der Waals surface area (Å²) >= 11 is 0. The van der Waals surface area contributed by atoms with Gasteiger partial charge in [0.2, 0.25) is 0 Å². The molecular weight excluding hydrogens is 538 g/mol. The molecule has 0 rings (SSSR count). The van der Waals surface area contributed by atoms with Gasteiger partial charge in [0.05, 0.1) is 12.7 Å². The predicted octanol–water partition coefficient (Wildman–Crippen LogP) is 13.0. The summed E-state index contributed by atoms with van der Waals surface area (Å²) in [4.78, 5) is 2.22. The Kier molecular flexibility index (Phi) is 38.0. The Morgan fingerprint density at radius 2 is 0.773 bits per heavy atom. The van der Waals surface area contributed by atoms with Gasteiger partial charge >= 0.3 is 0 Å². The molecule has 0 saturated carbocycles. The second kappa shape index (κ2) is 38.5. The second-order valence-corrected chi connectivity index (χ2v) is 13.7. The highest BCUT2D eigenvalue weighted by atomic mass is 16.5. The molecule has 0 aromatic rings. The number of hydrogen-bond donors (Lipinski definition) is 0. The molecule has 0 aliphatic rings. The van der Waals surface area contributed by atoms with Crippen LogP contribution in [-0.4, -0.2) is 51.5 Å². The molecule has 0 aliphatic carbocycles. The van der Waals surface area contributed by atoms with E-state index in [-0.39, 0.29) is 6.10 Å². The van der Waals surface area contributed by atoms with Gasteiger partial charge in [-0.15, -0.1) is 0 Å². The fraction of sp³-hybridized carbons (Fsp3) is 0.902. The molecular formula is C41H81NO2. The topological polar surface area (TPSA) is 21.7 Å². The SMILES string of the molecule is CCCCCCCC/C=C/CCCCCCCCOC[C@@H](CN(C)C)OCCCCCCCC/C=C/CCCCCCCC. The molecule has 0 heterocycles. The van der Waals surface area contributed by atoms with Crippen LogP contribution in [0.4, 0.5) is 0 Å². The molecule has 0 unspecified atom stereocenters. The Morgan fingerprint density at radius 3 is 1.16 bits per heavy atom. The third-order valence-electron chi connectivity index (χ3n) is 8.68. The molecule has 0 spiro atoms. The molecule has 3 nitrogen and oxygen atoms in total. The molecule has 262 valence electrons. The lowest BCUT2D eigenvalue weighted by Crippen LogP contribution is -2.32. The molecule has 0 aromatic carbocycles. The first kappa shape index (κ1) is 43.4. The number of allylic oxidation sites excluding steroid dienone is 4. The summed E-state index contributed by atoms with van der Waals surface area (Å²) in [5.41, 5.74) is 0. The van der Waals surface area contributed by atoms with Crippen LogP contribution in [0.15, 0.2) is 24.3 Å². The van der Waals surface area contributed by atoms with Crippen molar-refractivity contribution in [1.29, 1.82) is 0 Å². The van der Waals surface area contributed by atoms with Gasteiger partial charge < -0.3 is 14.4 Å². The zero-order valence-electron chi connectivity index (χ0n) is 30.8. The van der Waals surface area contributed by atoms with Crippen molar-refractivity contribution < 1.29 is 9.47 Å². The van der Waals surface area contributed by atoms with Gasteiger partial charge in [-0.1, -0.05) is 154 Å². The lowest BCUT2D eigenvalue weighted by Gasteiger charge is -2.21. The molecule has 0 aromatic heterocycles. The Morgan fingerprint density at radius 1 is 0.432 bits per heavy atom. The van der Waals surface area contributed by atoms with E-state index in [9.17, 15) is 0 Å². The molecule has 0 saturated heterocycles. The average Bonchev–Trinajstić information content (AvgIpc) is 3.01. The summed E-state index contributed by atoms with van der Waals surface area (Å²) in [5, 5.41) is 0. The van der Waals surface area contributed by atoms with Crippen LogP contribution in [0.3, 0.4) is 0 Å². The van der Waals surface area contributed by atoms with Gasteiger partial charge in [0.1, 0.15) is 0 Å². The van der Waals surface area contributed by atoms with Crippen molar-refractivity contribution >= 4 is 0 Å². The number of likely N-dealkylation sites (N-methyl/N-ethyl adjacent to an activating group) is 1. The van der Waals surface area contributed by atoms with Crippen LogP contribution in [0.5, 0.6) is 0 Å². The van der Waals surface area contributed by atoms with Crippen molar-refractivity contribution in [2.45, 2.75) is 200 Å². The van der Waals surface area contributed by atoms with Gasteiger partial charge in [-0.2, -0.15) is 0 Å². The minimum absolute atomic E-state index is 0.197. The summed E-state index contributed by atoms with van der Waals surface area (Å²) < 4.78 is 12.3. The molecule has 1 atom stereocenters. The van der Waals surface area contributed by atoms with Crippen LogP contribution in [0, 0.1) is 0 Å². The number of nitrogens with zero attached hydrogens (tertiary/aromatic N) is 1. The third-order valence-corrected chi connectivity index (χ3v) is 8.68. The van der Waals surface area contributed by atoms with Crippen molar-refractivity contribution in [3.8, 4) is 0 Å². The van der Waals surface area contributed by atoms with Crippen LogP contribution < -0.4 is 0 Å². The zero-order chi connectivity index (χ0) is 32.0. The number of ether oxygens (including phenoxy) is 2. The first-order chi connectivity index (χ1) is 21.7. The minimum atomic E-state index is 0.197. The number of unbranched alkanes of at least 4 members (excludes halogenated alkanes) is 24. The van der Waals surface area contributed by atoms with E-state index in [1.54, 1.807) is 0 Å². The summed E-state index contributed by atoms with van der Waals surface area (Å²) in [6, 6.07) is 0. The normalized spacial score (nSPS) is 12.8. The molecule has 0 fully saturated rings. The monoisotopic (exact) mass is 620 g/mol. The van der Waals surface area contributed by atoms with Gasteiger partial charge in [0.25, 0.3) is 0 Å². The van der Waals surface area contributed by atoms with E-state index in [0.29, 0.717) is 0 Å². The smallest absolute Gasteiger partial charge is 0.0934 e. The van der Waals surface area contributed by atoms with Crippen molar-refractivity contribution in [2.24, 2.45) is 0 Å². The molecule has 44 heavy (non-hydrogen) atoms.